The van der Waals surface area contributed by atoms with Crippen molar-refractivity contribution in [2.45, 2.75) is 37.8 Å². The van der Waals surface area contributed by atoms with Crippen LogP contribution in [0.15, 0.2) is 24.3 Å². The number of rotatable bonds is 7. The van der Waals surface area contributed by atoms with Crippen LogP contribution in [0, 0.1) is 5.92 Å². The third-order valence-electron chi connectivity index (χ3n) is 5.14. The molecule has 3 unspecified atom stereocenters. The summed E-state index contributed by atoms with van der Waals surface area (Å²) in [4.78, 5) is 12.1. The summed E-state index contributed by atoms with van der Waals surface area (Å²) in [6, 6.07) is 8.21. The smallest absolute Gasteiger partial charge is 0.407 e. The van der Waals surface area contributed by atoms with Gasteiger partial charge in [-0.25, -0.2) is 4.79 Å². The van der Waals surface area contributed by atoms with E-state index in [1.807, 2.05) is 12.1 Å². The number of methoxy groups -OCH3 is 1. The van der Waals surface area contributed by atoms with Gasteiger partial charge in [0.2, 0.25) is 0 Å². The highest BCUT2D eigenvalue weighted by molar-refractivity contribution is 5.67. The minimum absolute atomic E-state index is 0.0738. The van der Waals surface area contributed by atoms with Gasteiger partial charge in [0, 0.05) is 12.6 Å². The van der Waals surface area contributed by atoms with E-state index in [0.717, 1.165) is 44.6 Å². The van der Waals surface area contributed by atoms with Gasteiger partial charge >= 0.3 is 6.09 Å². The van der Waals surface area contributed by atoms with Crippen LogP contribution < -0.4 is 20.7 Å². The molecular formula is C19H29N3O3. The monoisotopic (exact) mass is 347 g/mol. The predicted octanol–water partition coefficient (Wildman–Crippen LogP) is 1.69. The van der Waals surface area contributed by atoms with Crippen LogP contribution in [-0.2, 0) is 11.2 Å². The van der Waals surface area contributed by atoms with Crippen LogP contribution in [0.1, 0.15) is 24.8 Å². The molecule has 0 spiro atoms. The summed E-state index contributed by atoms with van der Waals surface area (Å²) in [6.45, 7) is 3.73. The van der Waals surface area contributed by atoms with E-state index in [2.05, 4.69) is 28.1 Å². The molecule has 2 aliphatic rings. The van der Waals surface area contributed by atoms with Gasteiger partial charge in [0.15, 0.2) is 0 Å². The van der Waals surface area contributed by atoms with E-state index in [1.54, 1.807) is 7.11 Å². The third kappa shape index (κ3) is 5.34. The Kier molecular flexibility index (Phi) is 6.53. The Balaban J connectivity index is 1.41. The molecule has 138 valence electrons. The fourth-order valence-electron chi connectivity index (χ4n) is 3.62. The van der Waals surface area contributed by atoms with Gasteiger partial charge in [-0.1, -0.05) is 12.1 Å². The van der Waals surface area contributed by atoms with E-state index >= 15 is 0 Å². The molecule has 1 aromatic rings. The van der Waals surface area contributed by atoms with Crippen LogP contribution in [-0.4, -0.2) is 51.5 Å². The van der Waals surface area contributed by atoms with Gasteiger partial charge in [-0.05, 0) is 68.9 Å². The molecule has 25 heavy (non-hydrogen) atoms. The second-order valence-electron chi connectivity index (χ2n) is 6.92. The quantitative estimate of drug-likeness (QED) is 0.700. The molecular weight excluding hydrogens is 318 g/mol. The zero-order valence-corrected chi connectivity index (χ0v) is 14.9. The number of benzene rings is 1. The first kappa shape index (κ1) is 18.0. The van der Waals surface area contributed by atoms with Crippen molar-refractivity contribution in [3.05, 3.63) is 29.8 Å². The van der Waals surface area contributed by atoms with Gasteiger partial charge in [-0.3, -0.25) is 0 Å². The van der Waals surface area contributed by atoms with E-state index in [1.165, 1.54) is 12.0 Å². The van der Waals surface area contributed by atoms with E-state index in [9.17, 15) is 4.79 Å². The molecule has 3 N–H and O–H groups in total. The van der Waals surface area contributed by atoms with Gasteiger partial charge in [0.25, 0.3) is 0 Å². The second-order valence-corrected chi connectivity index (χ2v) is 6.92. The highest BCUT2D eigenvalue weighted by atomic mass is 16.6. The standard InChI is InChI=1S/C19H29N3O3/c1-24-16-4-2-14(3-5-16)12-17-18(8-11-21-17)25-19(23)22-10-7-15-6-9-20-13-15/h2-5,15,17-18,20-21H,6-13H2,1H3,(H,22,23). The van der Waals surface area contributed by atoms with Crippen molar-refractivity contribution >= 4 is 6.09 Å². The van der Waals surface area contributed by atoms with E-state index in [4.69, 9.17) is 9.47 Å². The van der Waals surface area contributed by atoms with Crippen LogP contribution in [0.4, 0.5) is 4.79 Å². The lowest BCUT2D eigenvalue weighted by atomic mass is 10.0. The van der Waals surface area contributed by atoms with Crippen molar-refractivity contribution in [3.8, 4) is 5.75 Å². The molecule has 2 aliphatic heterocycles. The summed E-state index contributed by atoms with van der Waals surface area (Å²) >= 11 is 0. The first-order valence-corrected chi connectivity index (χ1v) is 9.26. The molecule has 0 bridgehead atoms. The molecule has 1 aromatic carbocycles. The first-order chi connectivity index (χ1) is 12.2. The van der Waals surface area contributed by atoms with Gasteiger partial charge in [-0.15, -0.1) is 0 Å². The molecule has 2 heterocycles. The number of ether oxygens (including phenoxy) is 2. The summed E-state index contributed by atoms with van der Waals surface area (Å²) in [5.41, 5.74) is 1.21. The van der Waals surface area contributed by atoms with E-state index in [0.29, 0.717) is 12.5 Å². The van der Waals surface area contributed by atoms with Crippen LogP contribution in [0.2, 0.25) is 0 Å². The topological polar surface area (TPSA) is 71.6 Å². The summed E-state index contributed by atoms with van der Waals surface area (Å²) in [6.07, 6.45) is 3.55. The zero-order chi connectivity index (χ0) is 17.5. The summed E-state index contributed by atoms with van der Waals surface area (Å²) in [7, 11) is 1.67. The third-order valence-corrected chi connectivity index (χ3v) is 5.14. The largest absolute Gasteiger partial charge is 0.497 e. The fourth-order valence-corrected chi connectivity index (χ4v) is 3.62. The fraction of sp³-hybridized carbons (Fsp3) is 0.632. The van der Waals surface area contributed by atoms with Crippen LogP contribution >= 0.6 is 0 Å². The summed E-state index contributed by atoms with van der Waals surface area (Å²) in [5, 5.41) is 9.69. The molecule has 0 aliphatic carbocycles. The normalized spacial score (nSPS) is 25.7. The molecule has 0 aromatic heterocycles. The van der Waals surface area contributed by atoms with Crippen molar-refractivity contribution in [3.63, 3.8) is 0 Å². The highest BCUT2D eigenvalue weighted by Crippen LogP contribution is 2.19. The number of amides is 1. The number of nitrogens with one attached hydrogen (secondary N) is 3. The van der Waals surface area contributed by atoms with Crippen LogP contribution in [0.3, 0.4) is 0 Å². The van der Waals surface area contributed by atoms with E-state index < -0.39 is 0 Å². The van der Waals surface area contributed by atoms with Crippen molar-refractivity contribution < 1.29 is 14.3 Å². The van der Waals surface area contributed by atoms with Crippen LogP contribution in [0.25, 0.3) is 0 Å². The lowest BCUT2D eigenvalue weighted by Crippen LogP contribution is -2.38. The maximum absolute atomic E-state index is 12.1. The lowest BCUT2D eigenvalue weighted by Gasteiger charge is -2.20. The number of hydrogen-bond donors (Lipinski definition) is 3. The molecule has 6 nitrogen and oxygen atoms in total. The Labute approximate surface area is 149 Å². The average molecular weight is 347 g/mol. The summed E-state index contributed by atoms with van der Waals surface area (Å²) < 4.78 is 10.8. The number of carbonyl (C=O) groups excluding carboxylic acids is 1. The van der Waals surface area contributed by atoms with Gasteiger partial charge in [0.1, 0.15) is 11.9 Å². The van der Waals surface area contributed by atoms with Crippen molar-refractivity contribution in [1.29, 1.82) is 0 Å². The molecule has 6 heteroatoms. The Morgan fingerprint density at radius 2 is 2.08 bits per heavy atom. The minimum atomic E-state index is -0.292. The van der Waals surface area contributed by atoms with Crippen molar-refractivity contribution in [1.82, 2.24) is 16.0 Å². The molecule has 0 radical (unpaired) electrons. The molecule has 2 saturated heterocycles. The Hall–Kier alpha value is -1.79. The van der Waals surface area contributed by atoms with Crippen LogP contribution in [0.5, 0.6) is 5.75 Å². The molecule has 3 atom stereocenters. The first-order valence-electron chi connectivity index (χ1n) is 9.26. The highest BCUT2D eigenvalue weighted by Gasteiger charge is 2.30. The van der Waals surface area contributed by atoms with Gasteiger partial charge in [0.05, 0.1) is 7.11 Å². The van der Waals surface area contributed by atoms with E-state index in [-0.39, 0.29) is 18.2 Å². The maximum atomic E-state index is 12.1. The maximum Gasteiger partial charge on any atom is 0.407 e. The van der Waals surface area contributed by atoms with Gasteiger partial charge in [-0.2, -0.15) is 0 Å². The van der Waals surface area contributed by atoms with Gasteiger partial charge < -0.3 is 25.4 Å². The zero-order valence-electron chi connectivity index (χ0n) is 14.9. The lowest BCUT2D eigenvalue weighted by molar-refractivity contribution is 0.0897. The Bertz CT molecular complexity index is 543. The molecule has 2 fully saturated rings. The van der Waals surface area contributed by atoms with Crippen molar-refractivity contribution in [2.75, 3.05) is 33.3 Å². The molecule has 3 rings (SSSR count). The molecule has 1 amide bonds. The number of hydrogen-bond acceptors (Lipinski definition) is 5. The Morgan fingerprint density at radius 1 is 1.24 bits per heavy atom. The predicted molar refractivity (Wildman–Crippen MR) is 97.0 cm³/mol. The Morgan fingerprint density at radius 3 is 2.80 bits per heavy atom. The minimum Gasteiger partial charge on any atom is -0.497 e. The number of carbonyl (C=O) groups is 1. The number of alkyl carbamates (subject to hydrolysis) is 1. The van der Waals surface area contributed by atoms with Crippen molar-refractivity contribution in [2.24, 2.45) is 5.92 Å². The average Bonchev–Trinajstić information content (AvgIpc) is 3.28. The molecule has 0 saturated carbocycles. The second kappa shape index (κ2) is 9.06. The summed E-state index contributed by atoms with van der Waals surface area (Å²) in [5.74, 6) is 1.53. The SMILES string of the molecule is COc1ccc(CC2NCCC2OC(=O)NCCC2CCNC2)cc1.